The van der Waals surface area contributed by atoms with Crippen molar-refractivity contribution in [3.63, 3.8) is 0 Å². The Morgan fingerprint density at radius 2 is 2.24 bits per heavy atom. The smallest absolute Gasteiger partial charge is 0.159 e. The lowest BCUT2D eigenvalue weighted by atomic mass is 10.1. The molecular weight excluding hydrogens is 234 g/mol. The molecule has 2 heterocycles. The van der Waals surface area contributed by atoms with Crippen LogP contribution in [-0.2, 0) is 13.0 Å². The van der Waals surface area contributed by atoms with Gasteiger partial charge in [0.15, 0.2) is 5.65 Å². The Bertz CT molecular complexity index is 490. The number of halogens is 1. The van der Waals surface area contributed by atoms with E-state index in [9.17, 15) is 0 Å². The van der Waals surface area contributed by atoms with Crippen molar-refractivity contribution in [1.29, 1.82) is 0 Å². The van der Waals surface area contributed by atoms with Crippen molar-refractivity contribution in [2.45, 2.75) is 33.2 Å². The van der Waals surface area contributed by atoms with Crippen molar-refractivity contribution < 1.29 is 0 Å². The topological polar surface area (TPSA) is 30.7 Å². The standard InChI is InChI=1S/C13H18ClN3/c1-10(2)6-9-17-12(5-7-14)16-11-4-3-8-15-13(11)17/h3-4,8,10H,5-7,9H2,1-2H3. The Morgan fingerprint density at radius 3 is 2.94 bits per heavy atom. The van der Waals surface area contributed by atoms with Gasteiger partial charge in [0.1, 0.15) is 11.3 Å². The first kappa shape index (κ1) is 12.4. The molecule has 2 rings (SSSR count). The van der Waals surface area contributed by atoms with Crippen molar-refractivity contribution in [2.75, 3.05) is 5.88 Å². The van der Waals surface area contributed by atoms with Gasteiger partial charge in [-0.3, -0.25) is 0 Å². The molecule has 2 aromatic rings. The van der Waals surface area contributed by atoms with Gasteiger partial charge in [0, 0.05) is 25.0 Å². The number of pyridine rings is 1. The van der Waals surface area contributed by atoms with Gasteiger partial charge in [0.25, 0.3) is 0 Å². The number of fused-ring (bicyclic) bond motifs is 1. The van der Waals surface area contributed by atoms with Gasteiger partial charge in [0.2, 0.25) is 0 Å². The number of rotatable bonds is 5. The number of aromatic nitrogens is 3. The van der Waals surface area contributed by atoms with E-state index in [-0.39, 0.29) is 0 Å². The molecule has 0 aliphatic rings. The first-order chi connectivity index (χ1) is 8.22. The molecule has 0 aromatic carbocycles. The molecule has 4 heteroatoms. The summed E-state index contributed by atoms with van der Waals surface area (Å²) >= 11 is 5.82. The lowest BCUT2D eigenvalue weighted by Gasteiger charge is -2.09. The third-order valence-electron chi connectivity index (χ3n) is 2.83. The molecular formula is C13H18ClN3. The Hall–Kier alpha value is -1.09. The minimum atomic E-state index is 0.602. The first-order valence-electron chi connectivity index (χ1n) is 6.08. The van der Waals surface area contributed by atoms with E-state index >= 15 is 0 Å². The molecule has 0 saturated carbocycles. The predicted octanol–water partition coefficient (Wildman–Crippen LogP) is 3.26. The van der Waals surface area contributed by atoms with Gasteiger partial charge >= 0.3 is 0 Å². The van der Waals surface area contributed by atoms with E-state index in [1.54, 1.807) is 0 Å². The quantitative estimate of drug-likeness (QED) is 0.764. The van der Waals surface area contributed by atoms with Crippen LogP contribution < -0.4 is 0 Å². The molecule has 0 atom stereocenters. The lowest BCUT2D eigenvalue weighted by Crippen LogP contribution is -2.07. The second-order valence-electron chi connectivity index (χ2n) is 4.65. The number of hydrogen-bond acceptors (Lipinski definition) is 2. The van der Waals surface area contributed by atoms with E-state index in [1.165, 1.54) is 0 Å². The van der Waals surface area contributed by atoms with Gasteiger partial charge in [-0.2, -0.15) is 0 Å². The molecule has 0 bridgehead atoms. The summed E-state index contributed by atoms with van der Waals surface area (Å²) in [6, 6.07) is 3.93. The van der Waals surface area contributed by atoms with E-state index in [2.05, 4.69) is 28.4 Å². The molecule has 3 nitrogen and oxygen atoms in total. The third-order valence-corrected chi connectivity index (χ3v) is 3.02. The number of aryl methyl sites for hydroxylation is 2. The number of imidazole rings is 1. The fourth-order valence-corrected chi connectivity index (χ4v) is 2.07. The minimum absolute atomic E-state index is 0.602. The highest BCUT2D eigenvalue weighted by Crippen LogP contribution is 2.16. The fraction of sp³-hybridized carbons (Fsp3) is 0.538. The van der Waals surface area contributed by atoms with Gasteiger partial charge in [-0.05, 0) is 24.5 Å². The van der Waals surface area contributed by atoms with Crippen LogP contribution in [0.3, 0.4) is 0 Å². The molecule has 0 aliphatic carbocycles. The predicted molar refractivity (Wildman–Crippen MR) is 71.4 cm³/mol. The Morgan fingerprint density at radius 1 is 1.41 bits per heavy atom. The van der Waals surface area contributed by atoms with Crippen molar-refractivity contribution >= 4 is 22.8 Å². The Balaban J connectivity index is 2.37. The molecule has 0 fully saturated rings. The first-order valence-corrected chi connectivity index (χ1v) is 6.62. The fourth-order valence-electron chi connectivity index (χ4n) is 1.90. The summed E-state index contributed by atoms with van der Waals surface area (Å²) in [5.41, 5.74) is 1.95. The van der Waals surface area contributed by atoms with Crippen LogP contribution in [0.15, 0.2) is 18.3 Å². The van der Waals surface area contributed by atoms with E-state index in [4.69, 9.17) is 11.6 Å². The van der Waals surface area contributed by atoms with Crippen molar-refractivity contribution in [1.82, 2.24) is 14.5 Å². The van der Waals surface area contributed by atoms with Crippen molar-refractivity contribution in [2.24, 2.45) is 5.92 Å². The van der Waals surface area contributed by atoms with E-state index < -0.39 is 0 Å². The van der Waals surface area contributed by atoms with Gasteiger partial charge in [-0.1, -0.05) is 13.8 Å². The summed E-state index contributed by atoms with van der Waals surface area (Å²) in [5.74, 6) is 2.33. The minimum Gasteiger partial charge on any atom is -0.313 e. The summed E-state index contributed by atoms with van der Waals surface area (Å²) in [7, 11) is 0. The van der Waals surface area contributed by atoms with Crippen LogP contribution in [0.25, 0.3) is 11.2 Å². The van der Waals surface area contributed by atoms with Crippen LogP contribution >= 0.6 is 11.6 Å². The number of hydrogen-bond donors (Lipinski definition) is 0. The van der Waals surface area contributed by atoms with Crippen LogP contribution in [0.5, 0.6) is 0 Å². The SMILES string of the molecule is CC(C)CCn1c(CCCl)nc2cccnc21. The van der Waals surface area contributed by atoms with Crippen molar-refractivity contribution in [3.05, 3.63) is 24.2 Å². The number of alkyl halides is 1. The highest BCUT2D eigenvalue weighted by molar-refractivity contribution is 6.17. The zero-order valence-electron chi connectivity index (χ0n) is 10.4. The van der Waals surface area contributed by atoms with Gasteiger partial charge < -0.3 is 4.57 Å². The largest absolute Gasteiger partial charge is 0.313 e. The highest BCUT2D eigenvalue weighted by atomic mass is 35.5. The zero-order valence-corrected chi connectivity index (χ0v) is 11.1. The molecule has 0 radical (unpaired) electrons. The van der Waals surface area contributed by atoms with E-state index in [0.29, 0.717) is 11.8 Å². The molecule has 0 N–H and O–H groups in total. The summed E-state index contributed by atoms with van der Waals surface area (Å²) in [5, 5.41) is 0. The van der Waals surface area contributed by atoms with E-state index in [0.717, 1.165) is 36.4 Å². The summed E-state index contributed by atoms with van der Waals surface area (Å²) in [6.45, 7) is 5.43. The molecule has 2 aromatic heterocycles. The maximum Gasteiger partial charge on any atom is 0.159 e. The summed E-state index contributed by atoms with van der Waals surface area (Å²) in [6.07, 6.45) is 3.76. The normalized spacial score (nSPS) is 11.5. The lowest BCUT2D eigenvalue weighted by molar-refractivity contribution is 0.512. The van der Waals surface area contributed by atoms with Gasteiger partial charge in [-0.15, -0.1) is 11.6 Å². The number of nitrogens with zero attached hydrogens (tertiary/aromatic N) is 3. The summed E-state index contributed by atoms with van der Waals surface area (Å²) in [4.78, 5) is 9.02. The monoisotopic (exact) mass is 251 g/mol. The second kappa shape index (κ2) is 5.50. The molecule has 0 unspecified atom stereocenters. The van der Waals surface area contributed by atoms with Crippen LogP contribution in [-0.4, -0.2) is 20.4 Å². The molecule has 0 spiro atoms. The van der Waals surface area contributed by atoms with Crippen LogP contribution in [0.4, 0.5) is 0 Å². The summed E-state index contributed by atoms with van der Waals surface area (Å²) < 4.78 is 2.21. The third kappa shape index (κ3) is 2.78. The Kier molecular flexibility index (Phi) is 4.00. The van der Waals surface area contributed by atoms with Crippen LogP contribution in [0.2, 0.25) is 0 Å². The molecule has 0 aliphatic heterocycles. The second-order valence-corrected chi connectivity index (χ2v) is 5.03. The molecule has 17 heavy (non-hydrogen) atoms. The highest BCUT2D eigenvalue weighted by Gasteiger charge is 2.11. The maximum atomic E-state index is 5.82. The van der Waals surface area contributed by atoms with Gasteiger partial charge in [0.05, 0.1) is 0 Å². The molecule has 0 saturated heterocycles. The van der Waals surface area contributed by atoms with Crippen LogP contribution in [0.1, 0.15) is 26.1 Å². The van der Waals surface area contributed by atoms with E-state index in [1.807, 2.05) is 18.3 Å². The molecule has 0 amide bonds. The zero-order chi connectivity index (χ0) is 12.3. The van der Waals surface area contributed by atoms with Crippen molar-refractivity contribution in [3.8, 4) is 0 Å². The van der Waals surface area contributed by atoms with Gasteiger partial charge in [-0.25, -0.2) is 9.97 Å². The van der Waals surface area contributed by atoms with Crippen LogP contribution in [0, 0.1) is 5.92 Å². The Labute approximate surface area is 107 Å². The maximum absolute atomic E-state index is 5.82. The average Bonchev–Trinajstić information content (AvgIpc) is 2.64. The molecule has 92 valence electrons. The average molecular weight is 252 g/mol.